The number of aromatic nitrogens is 1. The molecule has 0 bridgehead atoms. The maximum atomic E-state index is 12.0. The highest BCUT2D eigenvalue weighted by atomic mass is 16.5. The lowest BCUT2D eigenvalue weighted by molar-refractivity contribution is 0.0603. The minimum atomic E-state index is -0.410. The van der Waals surface area contributed by atoms with Crippen LogP contribution in [0, 0.1) is 0 Å². The molecule has 0 aliphatic carbocycles. The van der Waals surface area contributed by atoms with Gasteiger partial charge >= 0.3 is 5.97 Å². The molecule has 112 valence electrons. The highest BCUT2D eigenvalue weighted by Gasteiger charge is 2.14. The third-order valence-corrected chi connectivity index (χ3v) is 3.46. The van der Waals surface area contributed by atoms with Gasteiger partial charge in [0.05, 0.1) is 29.6 Å². The number of methoxy groups -OCH3 is 1. The molecule has 0 aliphatic heterocycles. The number of rotatable bonds is 3. The number of nitrogens with zero attached hydrogens (tertiary/aromatic N) is 2. The van der Waals surface area contributed by atoms with Gasteiger partial charge in [0.25, 0.3) is 0 Å². The molecule has 0 spiro atoms. The van der Waals surface area contributed by atoms with E-state index in [1.54, 1.807) is 30.3 Å². The molecule has 3 rings (SSSR count). The summed E-state index contributed by atoms with van der Waals surface area (Å²) in [5.74, 6) is -0.410. The Morgan fingerprint density at radius 3 is 2.57 bits per heavy atom. The maximum absolute atomic E-state index is 12.0. The SMILES string of the molecule is COC(=O)c1cc(-c2ccc(N=C=O)cc2)nc2ccccc12. The van der Waals surface area contributed by atoms with Crippen molar-refractivity contribution in [3.05, 3.63) is 60.2 Å². The van der Waals surface area contributed by atoms with E-state index in [2.05, 4.69) is 9.98 Å². The van der Waals surface area contributed by atoms with Crippen LogP contribution >= 0.6 is 0 Å². The lowest BCUT2D eigenvalue weighted by Gasteiger charge is -2.08. The molecule has 1 heterocycles. The number of pyridine rings is 1. The van der Waals surface area contributed by atoms with Crippen LogP contribution in [0.15, 0.2) is 59.6 Å². The molecule has 23 heavy (non-hydrogen) atoms. The molecule has 0 saturated heterocycles. The summed E-state index contributed by atoms with van der Waals surface area (Å²) in [6, 6.07) is 16.0. The van der Waals surface area contributed by atoms with Gasteiger partial charge in [0.15, 0.2) is 0 Å². The van der Waals surface area contributed by atoms with E-state index in [0.717, 1.165) is 10.9 Å². The van der Waals surface area contributed by atoms with Crippen LogP contribution in [0.4, 0.5) is 5.69 Å². The molecule has 0 N–H and O–H groups in total. The zero-order chi connectivity index (χ0) is 16.2. The summed E-state index contributed by atoms with van der Waals surface area (Å²) < 4.78 is 4.86. The molecule has 0 unspecified atom stereocenters. The normalized spacial score (nSPS) is 10.1. The molecule has 5 heteroatoms. The van der Waals surface area contributed by atoms with Crippen molar-refractivity contribution >= 4 is 28.6 Å². The fourth-order valence-corrected chi connectivity index (χ4v) is 2.36. The average molecular weight is 304 g/mol. The van der Waals surface area contributed by atoms with Crippen LogP contribution in [0.1, 0.15) is 10.4 Å². The number of benzene rings is 2. The van der Waals surface area contributed by atoms with E-state index in [4.69, 9.17) is 4.74 Å². The fourth-order valence-electron chi connectivity index (χ4n) is 2.36. The molecule has 0 amide bonds. The number of isocyanates is 1. The maximum Gasteiger partial charge on any atom is 0.338 e. The number of hydrogen-bond acceptors (Lipinski definition) is 5. The van der Waals surface area contributed by atoms with Gasteiger partial charge in [-0.25, -0.2) is 14.6 Å². The summed E-state index contributed by atoms with van der Waals surface area (Å²) >= 11 is 0. The molecule has 0 atom stereocenters. The molecule has 0 saturated carbocycles. The van der Waals surface area contributed by atoms with E-state index >= 15 is 0 Å². The Morgan fingerprint density at radius 1 is 1.13 bits per heavy atom. The van der Waals surface area contributed by atoms with E-state index in [9.17, 15) is 9.59 Å². The Morgan fingerprint density at radius 2 is 1.87 bits per heavy atom. The van der Waals surface area contributed by atoms with E-state index in [1.165, 1.54) is 13.2 Å². The quantitative estimate of drug-likeness (QED) is 0.421. The van der Waals surface area contributed by atoms with Crippen LogP contribution in [0.2, 0.25) is 0 Å². The molecule has 0 fully saturated rings. The Balaban J connectivity index is 2.17. The minimum Gasteiger partial charge on any atom is -0.465 e. The smallest absolute Gasteiger partial charge is 0.338 e. The van der Waals surface area contributed by atoms with Crippen molar-refractivity contribution in [1.29, 1.82) is 0 Å². The summed E-state index contributed by atoms with van der Waals surface area (Å²) in [5, 5.41) is 0.741. The summed E-state index contributed by atoms with van der Waals surface area (Å²) in [6.45, 7) is 0. The Hall–Kier alpha value is -3.30. The Kier molecular flexibility index (Phi) is 3.95. The van der Waals surface area contributed by atoms with E-state index < -0.39 is 5.97 Å². The van der Waals surface area contributed by atoms with Crippen molar-refractivity contribution in [2.24, 2.45) is 4.99 Å². The number of esters is 1. The van der Waals surface area contributed by atoms with Crippen molar-refractivity contribution in [1.82, 2.24) is 4.98 Å². The Labute approximate surface area is 132 Å². The van der Waals surface area contributed by atoms with Gasteiger partial charge in [0.1, 0.15) is 0 Å². The number of ether oxygens (including phenoxy) is 1. The predicted octanol–water partition coefficient (Wildman–Crippen LogP) is 3.66. The van der Waals surface area contributed by atoms with Crippen molar-refractivity contribution in [2.45, 2.75) is 0 Å². The van der Waals surface area contributed by atoms with E-state index in [1.807, 2.05) is 24.3 Å². The topological polar surface area (TPSA) is 68.6 Å². The van der Waals surface area contributed by atoms with Gasteiger partial charge in [0.2, 0.25) is 6.08 Å². The number of fused-ring (bicyclic) bond motifs is 1. The van der Waals surface area contributed by atoms with Crippen LogP contribution in [0.3, 0.4) is 0 Å². The van der Waals surface area contributed by atoms with Crippen LogP contribution < -0.4 is 0 Å². The molecular weight excluding hydrogens is 292 g/mol. The first kappa shape index (κ1) is 14.6. The number of carbonyl (C=O) groups excluding carboxylic acids is 2. The molecule has 0 aliphatic rings. The second kappa shape index (κ2) is 6.22. The third-order valence-electron chi connectivity index (χ3n) is 3.46. The van der Waals surface area contributed by atoms with Crippen molar-refractivity contribution in [3.63, 3.8) is 0 Å². The van der Waals surface area contributed by atoms with Gasteiger partial charge < -0.3 is 4.74 Å². The molecule has 0 radical (unpaired) electrons. The average Bonchev–Trinajstić information content (AvgIpc) is 2.61. The second-order valence-electron chi connectivity index (χ2n) is 4.81. The number of carbonyl (C=O) groups is 1. The first-order valence-corrected chi connectivity index (χ1v) is 6.89. The predicted molar refractivity (Wildman–Crippen MR) is 86.3 cm³/mol. The zero-order valence-electron chi connectivity index (χ0n) is 12.3. The zero-order valence-corrected chi connectivity index (χ0v) is 12.3. The highest BCUT2D eigenvalue weighted by molar-refractivity contribution is 6.04. The van der Waals surface area contributed by atoms with Crippen LogP contribution in [0.5, 0.6) is 0 Å². The lowest BCUT2D eigenvalue weighted by Crippen LogP contribution is -2.03. The van der Waals surface area contributed by atoms with Gasteiger partial charge in [0, 0.05) is 10.9 Å². The van der Waals surface area contributed by atoms with Crippen LogP contribution in [0.25, 0.3) is 22.2 Å². The third kappa shape index (κ3) is 2.86. The number of para-hydroxylation sites is 1. The second-order valence-corrected chi connectivity index (χ2v) is 4.81. The summed E-state index contributed by atoms with van der Waals surface area (Å²) in [5.41, 5.74) is 3.14. The van der Waals surface area contributed by atoms with Crippen molar-refractivity contribution in [2.75, 3.05) is 7.11 Å². The standard InChI is InChI=1S/C18H12N2O3/c1-23-18(22)15-10-17(20-16-5-3-2-4-14(15)16)12-6-8-13(9-7-12)19-11-21/h2-10H,1H3. The van der Waals surface area contributed by atoms with Gasteiger partial charge in [-0.1, -0.05) is 30.3 Å². The number of hydrogen-bond donors (Lipinski definition) is 0. The van der Waals surface area contributed by atoms with Crippen molar-refractivity contribution < 1.29 is 14.3 Å². The largest absolute Gasteiger partial charge is 0.465 e. The van der Waals surface area contributed by atoms with Gasteiger partial charge in [-0.3, -0.25) is 0 Å². The monoisotopic (exact) mass is 304 g/mol. The molecular formula is C18H12N2O3. The first-order valence-electron chi connectivity index (χ1n) is 6.89. The summed E-state index contributed by atoms with van der Waals surface area (Å²) in [4.78, 5) is 30.4. The van der Waals surface area contributed by atoms with E-state index in [0.29, 0.717) is 22.5 Å². The van der Waals surface area contributed by atoms with Crippen LogP contribution in [-0.4, -0.2) is 24.1 Å². The van der Waals surface area contributed by atoms with Gasteiger partial charge in [-0.2, -0.15) is 4.99 Å². The first-order chi connectivity index (χ1) is 11.2. The molecule has 5 nitrogen and oxygen atoms in total. The lowest BCUT2D eigenvalue weighted by atomic mass is 10.0. The fraction of sp³-hybridized carbons (Fsp3) is 0.0556. The summed E-state index contributed by atoms with van der Waals surface area (Å²) in [7, 11) is 1.35. The summed E-state index contributed by atoms with van der Waals surface area (Å²) in [6.07, 6.45) is 1.50. The molecule has 2 aromatic carbocycles. The van der Waals surface area contributed by atoms with E-state index in [-0.39, 0.29) is 0 Å². The van der Waals surface area contributed by atoms with Gasteiger partial charge in [-0.05, 0) is 24.3 Å². The Bertz CT molecular complexity index is 927. The minimum absolute atomic E-state index is 0.410. The molecule has 3 aromatic rings. The highest BCUT2D eigenvalue weighted by Crippen LogP contribution is 2.26. The number of aliphatic imine (C=N–C) groups is 1. The van der Waals surface area contributed by atoms with Crippen molar-refractivity contribution in [3.8, 4) is 11.3 Å². The van der Waals surface area contributed by atoms with Crippen LogP contribution in [-0.2, 0) is 9.53 Å². The van der Waals surface area contributed by atoms with Gasteiger partial charge in [-0.15, -0.1) is 0 Å². The molecule has 1 aromatic heterocycles.